The normalized spacial score (nSPS) is 10.8. The number of nitrogens with one attached hydrogen (secondary N) is 1. The zero-order valence-corrected chi connectivity index (χ0v) is 11.6. The number of sulfone groups is 1. The molecule has 0 amide bonds. The molecular weight excluding hydrogens is 274 g/mol. The summed E-state index contributed by atoms with van der Waals surface area (Å²) in [7, 11) is -3.39. The summed E-state index contributed by atoms with van der Waals surface area (Å²) in [5.74, 6) is 0. The van der Waals surface area contributed by atoms with Crippen molar-refractivity contribution in [3.63, 3.8) is 0 Å². The van der Waals surface area contributed by atoms with Crippen LogP contribution in [0.2, 0.25) is 0 Å². The quantitative estimate of drug-likeness (QED) is 0.844. The van der Waals surface area contributed by atoms with Gasteiger partial charge in [-0.3, -0.25) is 0 Å². The van der Waals surface area contributed by atoms with E-state index in [2.05, 4.69) is 11.4 Å². The molecule has 0 aromatic heterocycles. The maximum absolute atomic E-state index is 11.6. The van der Waals surface area contributed by atoms with Crippen LogP contribution in [0.25, 0.3) is 0 Å². The number of rotatable bonds is 3. The molecule has 0 bridgehead atoms. The standard InChI is InChI=1S/C14H13N3O2S/c1-20(18,19)13-8-4-7-12(14(13)16)17-11-6-3-2-5-10(11)9-15/h2-8,17H,16H2,1H3. The summed E-state index contributed by atoms with van der Waals surface area (Å²) < 4.78 is 23.2. The van der Waals surface area contributed by atoms with Crippen LogP contribution in [0.3, 0.4) is 0 Å². The first-order chi connectivity index (χ1) is 9.43. The highest BCUT2D eigenvalue weighted by Gasteiger charge is 2.14. The lowest BCUT2D eigenvalue weighted by Gasteiger charge is -2.12. The van der Waals surface area contributed by atoms with Crippen molar-refractivity contribution in [1.82, 2.24) is 0 Å². The fraction of sp³-hybridized carbons (Fsp3) is 0.0714. The Morgan fingerprint density at radius 2 is 1.75 bits per heavy atom. The van der Waals surface area contributed by atoms with E-state index in [0.717, 1.165) is 6.26 Å². The van der Waals surface area contributed by atoms with Gasteiger partial charge in [0, 0.05) is 6.26 Å². The second-order valence-electron chi connectivity index (χ2n) is 4.27. The molecule has 0 unspecified atom stereocenters. The molecule has 102 valence electrons. The van der Waals surface area contributed by atoms with Crippen molar-refractivity contribution >= 4 is 26.9 Å². The first-order valence-corrected chi connectivity index (χ1v) is 7.67. The molecule has 0 heterocycles. The third kappa shape index (κ3) is 2.73. The Bertz CT molecular complexity index is 792. The third-order valence-electron chi connectivity index (χ3n) is 2.78. The van der Waals surface area contributed by atoms with Crippen LogP contribution in [0.4, 0.5) is 17.1 Å². The van der Waals surface area contributed by atoms with Crippen molar-refractivity contribution in [2.75, 3.05) is 17.3 Å². The molecule has 2 aromatic carbocycles. The monoisotopic (exact) mass is 287 g/mol. The first-order valence-electron chi connectivity index (χ1n) is 5.78. The van der Waals surface area contributed by atoms with Crippen molar-refractivity contribution in [3.05, 3.63) is 48.0 Å². The SMILES string of the molecule is CS(=O)(=O)c1cccc(Nc2ccccc2C#N)c1N. The van der Waals surface area contributed by atoms with Gasteiger partial charge in [0.1, 0.15) is 6.07 Å². The van der Waals surface area contributed by atoms with E-state index in [1.807, 2.05) is 0 Å². The van der Waals surface area contributed by atoms with Crippen molar-refractivity contribution in [2.24, 2.45) is 0 Å². The Kier molecular flexibility index (Phi) is 3.63. The average molecular weight is 287 g/mol. The molecule has 6 heteroatoms. The molecule has 0 atom stereocenters. The molecule has 0 aliphatic rings. The molecule has 3 N–H and O–H groups in total. The minimum Gasteiger partial charge on any atom is -0.396 e. The van der Waals surface area contributed by atoms with Crippen molar-refractivity contribution in [3.8, 4) is 6.07 Å². The molecule has 0 spiro atoms. The van der Waals surface area contributed by atoms with Crippen LogP contribution in [0, 0.1) is 11.3 Å². The molecular formula is C14H13N3O2S. The highest BCUT2D eigenvalue weighted by Crippen LogP contribution is 2.30. The Labute approximate surface area is 117 Å². The lowest BCUT2D eigenvalue weighted by atomic mass is 10.2. The third-order valence-corrected chi connectivity index (χ3v) is 3.94. The van der Waals surface area contributed by atoms with E-state index in [-0.39, 0.29) is 10.6 Å². The molecule has 2 rings (SSSR count). The van der Waals surface area contributed by atoms with Crippen molar-refractivity contribution in [1.29, 1.82) is 5.26 Å². The van der Waals surface area contributed by atoms with E-state index in [1.165, 1.54) is 6.07 Å². The fourth-order valence-electron chi connectivity index (χ4n) is 1.81. The average Bonchev–Trinajstić information content (AvgIpc) is 2.40. The lowest BCUT2D eigenvalue weighted by molar-refractivity contribution is 0.602. The molecule has 0 saturated heterocycles. The van der Waals surface area contributed by atoms with Crippen LogP contribution in [0.15, 0.2) is 47.4 Å². The number of anilines is 3. The van der Waals surface area contributed by atoms with Gasteiger partial charge in [0.05, 0.1) is 27.5 Å². The number of hydrogen-bond donors (Lipinski definition) is 2. The largest absolute Gasteiger partial charge is 0.396 e. The predicted molar refractivity (Wildman–Crippen MR) is 78.4 cm³/mol. The Morgan fingerprint density at radius 3 is 2.40 bits per heavy atom. The van der Waals surface area contributed by atoms with E-state index >= 15 is 0 Å². The highest BCUT2D eigenvalue weighted by molar-refractivity contribution is 7.90. The van der Waals surface area contributed by atoms with E-state index in [4.69, 9.17) is 11.0 Å². The minimum atomic E-state index is -3.39. The van der Waals surface area contributed by atoms with E-state index in [1.54, 1.807) is 36.4 Å². The van der Waals surface area contributed by atoms with Gasteiger partial charge in [0.15, 0.2) is 9.84 Å². The van der Waals surface area contributed by atoms with Crippen LogP contribution in [0.1, 0.15) is 5.56 Å². The van der Waals surface area contributed by atoms with E-state index < -0.39 is 9.84 Å². The topological polar surface area (TPSA) is 96.0 Å². The van der Waals surface area contributed by atoms with Gasteiger partial charge >= 0.3 is 0 Å². The molecule has 20 heavy (non-hydrogen) atoms. The lowest BCUT2D eigenvalue weighted by Crippen LogP contribution is -2.05. The Balaban J connectivity index is 2.48. The maximum atomic E-state index is 11.6. The second kappa shape index (κ2) is 5.23. The number of nitrogen functional groups attached to an aromatic ring is 1. The Hall–Kier alpha value is -2.52. The van der Waals surface area contributed by atoms with Gasteiger partial charge in [-0.25, -0.2) is 8.42 Å². The van der Waals surface area contributed by atoms with Crippen molar-refractivity contribution in [2.45, 2.75) is 4.90 Å². The smallest absolute Gasteiger partial charge is 0.177 e. The molecule has 0 fully saturated rings. The molecule has 0 radical (unpaired) electrons. The minimum absolute atomic E-state index is 0.0666. The predicted octanol–water partition coefficient (Wildman–Crippen LogP) is 2.29. The summed E-state index contributed by atoms with van der Waals surface area (Å²) in [5, 5.41) is 12.0. The van der Waals surface area contributed by atoms with E-state index in [9.17, 15) is 8.42 Å². The van der Waals surface area contributed by atoms with E-state index in [0.29, 0.717) is 16.9 Å². The molecule has 0 aliphatic heterocycles. The number of nitrogens with zero attached hydrogens (tertiary/aromatic N) is 1. The molecule has 5 nitrogen and oxygen atoms in total. The van der Waals surface area contributed by atoms with Gasteiger partial charge in [-0.2, -0.15) is 5.26 Å². The van der Waals surface area contributed by atoms with Crippen LogP contribution < -0.4 is 11.1 Å². The zero-order chi connectivity index (χ0) is 14.8. The fourth-order valence-corrected chi connectivity index (χ4v) is 2.65. The second-order valence-corrected chi connectivity index (χ2v) is 6.26. The first kappa shape index (κ1) is 13.9. The molecule has 2 aromatic rings. The van der Waals surface area contributed by atoms with Crippen LogP contribution in [-0.4, -0.2) is 14.7 Å². The number of para-hydroxylation sites is 2. The molecule has 0 saturated carbocycles. The summed E-state index contributed by atoms with van der Waals surface area (Å²) in [4.78, 5) is 0.0666. The number of nitrogens with two attached hydrogens (primary N) is 1. The van der Waals surface area contributed by atoms with Gasteiger partial charge in [0.25, 0.3) is 0 Å². The summed E-state index contributed by atoms with van der Waals surface area (Å²) in [6, 6.07) is 13.7. The highest BCUT2D eigenvalue weighted by atomic mass is 32.2. The van der Waals surface area contributed by atoms with Gasteiger partial charge in [-0.05, 0) is 24.3 Å². The van der Waals surface area contributed by atoms with Crippen LogP contribution in [-0.2, 0) is 9.84 Å². The molecule has 0 aliphatic carbocycles. The number of nitriles is 1. The number of hydrogen-bond acceptors (Lipinski definition) is 5. The van der Waals surface area contributed by atoms with Gasteiger partial charge in [-0.15, -0.1) is 0 Å². The summed E-state index contributed by atoms with van der Waals surface area (Å²) in [5.41, 5.74) is 7.51. The van der Waals surface area contributed by atoms with Gasteiger partial charge in [0.2, 0.25) is 0 Å². The van der Waals surface area contributed by atoms with Crippen molar-refractivity contribution < 1.29 is 8.42 Å². The Morgan fingerprint density at radius 1 is 1.10 bits per heavy atom. The summed E-state index contributed by atoms with van der Waals surface area (Å²) >= 11 is 0. The van der Waals surface area contributed by atoms with Crippen LogP contribution in [0.5, 0.6) is 0 Å². The number of benzene rings is 2. The zero-order valence-electron chi connectivity index (χ0n) is 10.8. The van der Waals surface area contributed by atoms with Gasteiger partial charge < -0.3 is 11.1 Å². The van der Waals surface area contributed by atoms with Crippen LogP contribution >= 0.6 is 0 Å². The maximum Gasteiger partial charge on any atom is 0.177 e. The summed E-state index contributed by atoms with van der Waals surface area (Å²) in [6.45, 7) is 0. The summed E-state index contributed by atoms with van der Waals surface area (Å²) in [6.07, 6.45) is 1.10. The van der Waals surface area contributed by atoms with Gasteiger partial charge in [-0.1, -0.05) is 18.2 Å².